The molecule has 1 heterocycles. The fourth-order valence-electron chi connectivity index (χ4n) is 2.66. The zero-order valence-corrected chi connectivity index (χ0v) is 18.4. The van der Waals surface area contributed by atoms with Gasteiger partial charge in [0, 0.05) is 57.9 Å². The van der Waals surface area contributed by atoms with Gasteiger partial charge in [-0.1, -0.05) is 0 Å². The average molecular weight is 483 g/mol. The minimum Gasteiger partial charge on any atom is -0.356 e. The van der Waals surface area contributed by atoms with Crippen molar-refractivity contribution in [2.24, 2.45) is 10.9 Å². The van der Waals surface area contributed by atoms with Crippen molar-refractivity contribution in [3.8, 4) is 0 Å². The Balaban J connectivity index is 0.00000312. The van der Waals surface area contributed by atoms with Gasteiger partial charge in [0.2, 0.25) is 11.8 Å². The van der Waals surface area contributed by atoms with Gasteiger partial charge in [-0.2, -0.15) is 11.8 Å². The van der Waals surface area contributed by atoms with Gasteiger partial charge in [0.15, 0.2) is 5.96 Å². The highest BCUT2D eigenvalue weighted by Crippen LogP contribution is 2.32. The van der Waals surface area contributed by atoms with Crippen LogP contribution in [0.4, 0.5) is 0 Å². The van der Waals surface area contributed by atoms with Crippen LogP contribution >= 0.6 is 35.7 Å². The van der Waals surface area contributed by atoms with Crippen LogP contribution in [0.5, 0.6) is 0 Å². The maximum absolute atomic E-state index is 12.0. The third kappa shape index (κ3) is 7.59. The van der Waals surface area contributed by atoms with Crippen molar-refractivity contribution in [1.82, 2.24) is 20.4 Å². The molecule has 9 heteroatoms. The summed E-state index contributed by atoms with van der Waals surface area (Å²) in [5.74, 6) is 2.18. The average Bonchev–Trinajstić information content (AvgIpc) is 3.32. The number of nitrogens with one attached hydrogen (secondary N) is 2. The lowest BCUT2D eigenvalue weighted by atomic mass is 10.1. The largest absolute Gasteiger partial charge is 0.356 e. The van der Waals surface area contributed by atoms with E-state index in [2.05, 4.69) is 21.9 Å². The molecule has 1 aliphatic carbocycles. The van der Waals surface area contributed by atoms with E-state index >= 15 is 0 Å². The molecule has 0 radical (unpaired) electrons. The van der Waals surface area contributed by atoms with E-state index in [1.54, 1.807) is 25.9 Å². The minimum absolute atomic E-state index is 0. The summed E-state index contributed by atoms with van der Waals surface area (Å²) in [5.41, 5.74) is 0. The molecule has 7 nitrogen and oxygen atoms in total. The Morgan fingerprint density at radius 1 is 1.36 bits per heavy atom. The lowest BCUT2D eigenvalue weighted by Crippen LogP contribution is -2.42. The SMILES string of the molecule is CSCCNC(=NCC(=O)N(C)C)NCC1CC(=O)N(C2CC2)C1.I. The topological polar surface area (TPSA) is 77.0 Å². The van der Waals surface area contributed by atoms with Gasteiger partial charge in [-0.3, -0.25) is 9.59 Å². The van der Waals surface area contributed by atoms with Crippen molar-refractivity contribution in [3.63, 3.8) is 0 Å². The van der Waals surface area contributed by atoms with Crippen LogP contribution in [0.25, 0.3) is 0 Å². The minimum atomic E-state index is -0.0306. The second-order valence-electron chi connectivity index (χ2n) is 6.60. The quantitative estimate of drug-likeness (QED) is 0.229. The lowest BCUT2D eigenvalue weighted by Gasteiger charge is -2.17. The zero-order chi connectivity index (χ0) is 17.5. The highest BCUT2D eigenvalue weighted by atomic mass is 127. The van der Waals surface area contributed by atoms with Crippen LogP contribution in [0.15, 0.2) is 4.99 Å². The maximum atomic E-state index is 12.0. The molecule has 1 saturated heterocycles. The van der Waals surface area contributed by atoms with Gasteiger partial charge in [0.1, 0.15) is 6.54 Å². The molecule has 25 heavy (non-hydrogen) atoms. The van der Waals surface area contributed by atoms with Crippen molar-refractivity contribution in [2.45, 2.75) is 25.3 Å². The van der Waals surface area contributed by atoms with Gasteiger partial charge >= 0.3 is 0 Å². The van der Waals surface area contributed by atoms with Gasteiger partial charge in [0.05, 0.1) is 0 Å². The first-order valence-electron chi connectivity index (χ1n) is 8.52. The Morgan fingerprint density at radius 2 is 2.08 bits per heavy atom. The summed E-state index contributed by atoms with van der Waals surface area (Å²) in [5, 5.41) is 6.54. The number of hydrogen-bond acceptors (Lipinski definition) is 4. The van der Waals surface area contributed by atoms with Crippen LogP contribution in [0.3, 0.4) is 0 Å². The highest BCUT2D eigenvalue weighted by molar-refractivity contribution is 14.0. The molecule has 144 valence electrons. The van der Waals surface area contributed by atoms with E-state index < -0.39 is 0 Å². The van der Waals surface area contributed by atoms with Crippen LogP contribution in [0, 0.1) is 5.92 Å². The molecule has 0 aromatic rings. The van der Waals surface area contributed by atoms with Crippen LogP contribution in [0.2, 0.25) is 0 Å². The van der Waals surface area contributed by atoms with Gasteiger partial charge in [-0.25, -0.2) is 4.99 Å². The molecule has 2 rings (SSSR count). The molecule has 1 atom stereocenters. The summed E-state index contributed by atoms with van der Waals surface area (Å²) in [6, 6.07) is 0.494. The lowest BCUT2D eigenvalue weighted by molar-refractivity contribution is -0.128. The third-order valence-electron chi connectivity index (χ3n) is 4.25. The van der Waals surface area contributed by atoms with E-state index in [1.807, 2.05) is 4.90 Å². The summed E-state index contributed by atoms with van der Waals surface area (Å²) >= 11 is 1.76. The first kappa shape index (κ1) is 22.3. The number of nitrogens with zero attached hydrogens (tertiary/aromatic N) is 3. The Bertz CT molecular complexity index is 485. The van der Waals surface area contributed by atoms with Gasteiger partial charge in [0.25, 0.3) is 0 Å². The maximum Gasteiger partial charge on any atom is 0.243 e. The zero-order valence-electron chi connectivity index (χ0n) is 15.3. The van der Waals surface area contributed by atoms with Crippen LogP contribution < -0.4 is 10.6 Å². The number of thioether (sulfide) groups is 1. The second kappa shape index (κ2) is 11.1. The molecule has 0 spiro atoms. The summed E-state index contributed by atoms with van der Waals surface area (Å²) in [4.78, 5) is 31.6. The Hall–Kier alpha value is -0.710. The first-order valence-corrected chi connectivity index (χ1v) is 9.91. The number of rotatable bonds is 8. The van der Waals surface area contributed by atoms with Crippen LogP contribution in [0.1, 0.15) is 19.3 Å². The van der Waals surface area contributed by atoms with Crippen molar-refractivity contribution < 1.29 is 9.59 Å². The number of likely N-dealkylation sites (N-methyl/N-ethyl adjacent to an activating group) is 1. The van der Waals surface area contributed by atoms with Crippen LogP contribution in [-0.4, -0.2) is 85.9 Å². The predicted molar refractivity (Wildman–Crippen MR) is 114 cm³/mol. The predicted octanol–water partition coefficient (Wildman–Crippen LogP) is 0.602. The molecule has 1 unspecified atom stereocenters. The number of halogens is 1. The Kier molecular flexibility index (Phi) is 9.91. The van der Waals surface area contributed by atoms with E-state index in [4.69, 9.17) is 0 Å². The standard InChI is InChI=1S/C16H29N5O2S.HI/c1-20(2)15(23)10-19-16(17-6-7-24-3)18-9-12-8-14(22)21(11-12)13-4-5-13;/h12-13H,4-11H2,1-3H3,(H2,17,18,19);1H. The number of carbonyl (C=O) groups excluding carboxylic acids is 2. The molecule has 2 N–H and O–H groups in total. The number of amides is 2. The first-order chi connectivity index (χ1) is 11.5. The van der Waals surface area contributed by atoms with Gasteiger partial charge in [-0.05, 0) is 19.1 Å². The van der Waals surface area contributed by atoms with Crippen molar-refractivity contribution >= 4 is 53.5 Å². The Labute approximate surface area is 171 Å². The fraction of sp³-hybridized carbons (Fsp3) is 0.812. The highest BCUT2D eigenvalue weighted by Gasteiger charge is 2.39. The molecule has 2 fully saturated rings. The Morgan fingerprint density at radius 3 is 2.68 bits per heavy atom. The van der Waals surface area contributed by atoms with E-state index in [0.29, 0.717) is 30.9 Å². The van der Waals surface area contributed by atoms with Crippen molar-refractivity contribution in [3.05, 3.63) is 0 Å². The van der Waals surface area contributed by atoms with E-state index in [-0.39, 0.29) is 42.3 Å². The third-order valence-corrected chi connectivity index (χ3v) is 4.87. The van der Waals surface area contributed by atoms with Gasteiger partial charge in [-0.15, -0.1) is 24.0 Å². The molecule has 2 amide bonds. The molecule has 0 bridgehead atoms. The normalized spacial score (nSPS) is 20.3. The van der Waals surface area contributed by atoms with E-state index in [9.17, 15) is 9.59 Å². The second-order valence-corrected chi connectivity index (χ2v) is 7.59. The molecule has 2 aliphatic rings. The molecular formula is C16H30IN5O2S. The van der Waals surface area contributed by atoms with Crippen LogP contribution in [-0.2, 0) is 9.59 Å². The molecule has 1 aliphatic heterocycles. The molecular weight excluding hydrogens is 453 g/mol. The van der Waals surface area contributed by atoms with Crippen molar-refractivity contribution in [2.75, 3.05) is 52.3 Å². The summed E-state index contributed by atoms with van der Waals surface area (Å²) < 4.78 is 0. The van der Waals surface area contributed by atoms with Crippen molar-refractivity contribution in [1.29, 1.82) is 0 Å². The smallest absolute Gasteiger partial charge is 0.243 e. The van der Waals surface area contributed by atoms with Gasteiger partial charge < -0.3 is 20.4 Å². The molecule has 1 saturated carbocycles. The monoisotopic (exact) mass is 483 g/mol. The number of guanidine groups is 1. The molecule has 0 aromatic carbocycles. The summed E-state index contributed by atoms with van der Waals surface area (Å²) in [6.07, 6.45) is 4.97. The number of aliphatic imine (C=N–C) groups is 1. The summed E-state index contributed by atoms with van der Waals surface area (Å²) in [7, 11) is 3.45. The number of hydrogen-bond donors (Lipinski definition) is 2. The van der Waals surface area contributed by atoms with E-state index in [1.165, 1.54) is 4.90 Å². The number of carbonyl (C=O) groups is 2. The fourth-order valence-corrected chi connectivity index (χ4v) is 2.97. The number of likely N-dealkylation sites (tertiary alicyclic amines) is 1. The molecule has 0 aromatic heterocycles. The van der Waals surface area contributed by atoms with E-state index in [0.717, 1.165) is 31.7 Å². The summed E-state index contributed by atoms with van der Waals surface area (Å²) in [6.45, 7) is 2.46.